The molecule has 104 valence electrons. The molecule has 2 fully saturated rings. The molecule has 3 heterocycles. The van der Waals surface area contributed by atoms with Crippen molar-refractivity contribution in [1.82, 2.24) is 14.8 Å². The van der Waals surface area contributed by atoms with E-state index in [1.807, 2.05) is 29.3 Å². The van der Waals surface area contributed by atoms with E-state index < -0.39 is 0 Å². The van der Waals surface area contributed by atoms with Crippen molar-refractivity contribution < 1.29 is 9.47 Å². The van der Waals surface area contributed by atoms with Crippen molar-refractivity contribution in [2.75, 3.05) is 6.61 Å². The number of aromatic nitrogens is 3. The Hall–Kier alpha value is -1.88. The second-order valence-corrected chi connectivity index (χ2v) is 5.42. The number of pyridine rings is 1. The summed E-state index contributed by atoms with van der Waals surface area (Å²) in [7, 11) is 0. The maximum Gasteiger partial charge on any atom is 0.130 e. The summed E-state index contributed by atoms with van der Waals surface area (Å²) in [4.78, 5) is 4.21. The molecule has 0 radical (unpaired) electrons. The van der Waals surface area contributed by atoms with Crippen LogP contribution in [0.25, 0.3) is 11.1 Å². The Kier molecular flexibility index (Phi) is 2.92. The zero-order valence-electron chi connectivity index (χ0n) is 11.2. The van der Waals surface area contributed by atoms with E-state index in [4.69, 9.17) is 9.47 Å². The van der Waals surface area contributed by atoms with Crippen molar-refractivity contribution >= 4 is 0 Å². The molecule has 2 aliphatic rings. The van der Waals surface area contributed by atoms with Crippen LogP contribution in [0.4, 0.5) is 0 Å². The normalized spacial score (nSPS) is 21.5. The smallest absolute Gasteiger partial charge is 0.130 e. The largest absolute Gasteiger partial charge is 0.490 e. The monoisotopic (exact) mass is 271 g/mol. The molecule has 1 aliphatic carbocycles. The first kappa shape index (κ1) is 11.9. The van der Waals surface area contributed by atoms with Gasteiger partial charge in [-0.05, 0) is 25.3 Å². The molecule has 0 aromatic carbocycles. The van der Waals surface area contributed by atoms with Crippen molar-refractivity contribution in [3.05, 3.63) is 30.9 Å². The third-order valence-electron chi connectivity index (χ3n) is 3.73. The summed E-state index contributed by atoms with van der Waals surface area (Å²) in [5.74, 6) is 0.905. The van der Waals surface area contributed by atoms with E-state index in [2.05, 4.69) is 10.1 Å². The van der Waals surface area contributed by atoms with Crippen LogP contribution >= 0.6 is 0 Å². The first-order valence-corrected chi connectivity index (χ1v) is 7.13. The van der Waals surface area contributed by atoms with Crippen molar-refractivity contribution in [2.45, 2.75) is 38.0 Å². The molecule has 0 spiro atoms. The average Bonchev–Trinajstić information content (AvgIpc) is 3.11. The molecule has 1 unspecified atom stereocenters. The fraction of sp³-hybridized carbons (Fsp3) is 0.467. The lowest BCUT2D eigenvalue weighted by molar-refractivity contribution is -0.0609. The lowest BCUT2D eigenvalue weighted by Gasteiger charge is -2.25. The summed E-state index contributed by atoms with van der Waals surface area (Å²) < 4.78 is 13.3. The molecular formula is C15H17N3O2. The third kappa shape index (κ3) is 2.41. The lowest BCUT2D eigenvalue weighted by Crippen LogP contribution is -2.31. The molecule has 0 N–H and O–H groups in total. The first-order valence-electron chi connectivity index (χ1n) is 7.13. The average molecular weight is 271 g/mol. The summed E-state index contributed by atoms with van der Waals surface area (Å²) in [5.41, 5.74) is 2.06. The van der Waals surface area contributed by atoms with Gasteiger partial charge in [-0.1, -0.05) is 0 Å². The van der Waals surface area contributed by atoms with Gasteiger partial charge in [0.2, 0.25) is 0 Å². The Morgan fingerprint density at radius 2 is 2.20 bits per heavy atom. The molecule has 2 aromatic heterocycles. The zero-order valence-corrected chi connectivity index (χ0v) is 11.2. The van der Waals surface area contributed by atoms with Crippen LogP contribution in [0.3, 0.4) is 0 Å². The van der Waals surface area contributed by atoms with E-state index in [0.717, 1.165) is 49.3 Å². The fourth-order valence-corrected chi connectivity index (χ4v) is 2.31. The Bertz CT molecular complexity index is 603. The Morgan fingerprint density at radius 3 is 2.95 bits per heavy atom. The second-order valence-electron chi connectivity index (χ2n) is 5.42. The van der Waals surface area contributed by atoms with Gasteiger partial charge < -0.3 is 9.47 Å². The standard InChI is InChI=1S/C15H17N3O2/c1-2-12(1)20-15-3-5-16-8-14(15)11-7-17-18(9-11)10-13-4-6-19-13/h3,5,7-9,12-13H,1-2,4,6,10H2. The van der Waals surface area contributed by atoms with Gasteiger partial charge >= 0.3 is 0 Å². The fourth-order valence-electron chi connectivity index (χ4n) is 2.31. The van der Waals surface area contributed by atoms with Gasteiger partial charge in [0.05, 0.1) is 24.9 Å². The van der Waals surface area contributed by atoms with Gasteiger partial charge in [0.25, 0.3) is 0 Å². The van der Waals surface area contributed by atoms with Gasteiger partial charge in [-0.2, -0.15) is 5.10 Å². The van der Waals surface area contributed by atoms with E-state index in [9.17, 15) is 0 Å². The number of hydrogen-bond acceptors (Lipinski definition) is 4. The lowest BCUT2D eigenvalue weighted by atomic mass is 10.1. The maximum absolute atomic E-state index is 5.93. The predicted octanol–water partition coefficient (Wildman–Crippen LogP) is 2.28. The predicted molar refractivity (Wildman–Crippen MR) is 73.5 cm³/mol. The summed E-state index contributed by atoms with van der Waals surface area (Å²) in [6, 6.07) is 1.93. The first-order chi connectivity index (χ1) is 9.88. The van der Waals surface area contributed by atoms with Gasteiger partial charge in [0.15, 0.2) is 0 Å². The van der Waals surface area contributed by atoms with E-state index in [1.165, 1.54) is 0 Å². The third-order valence-corrected chi connectivity index (χ3v) is 3.73. The SMILES string of the molecule is c1cc(OC2CC2)c(-c2cnn(CC3CCO3)c2)cn1. The van der Waals surface area contributed by atoms with E-state index in [0.29, 0.717) is 12.2 Å². The number of hydrogen-bond donors (Lipinski definition) is 0. The minimum atomic E-state index is 0.318. The summed E-state index contributed by atoms with van der Waals surface area (Å²) in [6.07, 6.45) is 11.7. The second kappa shape index (κ2) is 4.90. The van der Waals surface area contributed by atoms with Crippen molar-refractivity contribution in [2.24, 2.45) is 0 Å². The van der Waals surface area contributed by atoms with Crippen LogP contribution in [0.15, 0.2) is 30.9 Å². The van der Waals surface area contributed by atoms with Crippen LogP contribution in [0.1, 0.15) is 19.3 Å². The molecule has 4 rings (SSSR count). The van der Waals surface area contributed by atoms with Crippen molar-refractivity contribution in [3.8, 4) is 16.9 Å². The van der Waals surface area contributed by atoms with Crippen LogP contribution in [0.2, 0.25) is 0 Å². The number of rotatable bonds is 5. The topological polar surface area (TPSA) is 49.2 Å². The van der Waals surface area contributed by atoms with Gasteiger partial charge in [0.1, 0.15) is 5.75 Å². The molecule has 0 amide bonds. The Morgan fingerprint density at radius 1 is 1.30 bits per heavy atom. The molecule has 5 heteroatoms. The Labute approximate surface area is 117 Å². The molecule has 20 heavy (non-hydrogen) atoms. The van der Waals surface area contributed by atoms with Crippen molar-refractivity contribution in [1.29, 1.82) is 0 Å². The highest BCUT2D eigenvalue weighted by Crippen LogP contribution is 2.34. The van der Waals surface area contributed by atoms with E-state index in [-0.39, 0.29) is 0 Å². The molecule has 2 aromatic rings. The molecule has 1 saturated carbocycles. The maximum atomic E-state index is 5.93. The molecule has 5 nitrogen and oxygen atoms in total. The molecule has 1 aliphatic heterocycles. The van der Waals surface area contributed by atoms with Gasteiger partial charge in [-0.15, -0.1) is 0 Å². The number of nitrogens with zero attached hydrogens (tertiary/aromatic N) is 3. The minimum absolute atomic E-state index is 0.318. The van der Waals surface area contributed by atoms with Crippen LogP contribution < -0.4 is 4.74 Å². The van der Waals surface area contributed by atoms with Crippen LogP contribution in [-0.4, -0.2) is 33.6 Å². The molecule has 1 atom stereocenters. The summed E-state index contributed by atoms with van der Waals surface area (Å²) in [5, 5.41) is 4.40. The number of ether oxygens (including phenoxy) is 2. The van der Waals surface area contributed by atoms with Crippen LogP contribution in [0, 0.1) is 0 Å². The van der Waals surface area contributed by atoms with Crippen LogP contribution in [0.5, 0.6) is 5.75 Å². The molecule has 0 bridgehead atoms. The zero-order chi connectivity index (χ0) is 13.4. The van der Waals surface area contributed by atoms with Gasteiger partial charge in [0, 0.05) is 36.3 Å². The van der Waals surface area contributed by atoms with E-state index in [1.54, 1.807) is 6.20 Å². The van der Waals surface area contributed by atoms with Gasteiger partial charge in [-0.3, -0.25) is 9.67 Å². The van der Waals surface area contributed by atoms with Gasteiger partial charge in [-0.25, -0.2) is 0 Å². The summed E-state index contributed by atoms with van der Waals surface area (Å²) >= 11 is 0. The van der Waals surface area contributed by atoms with Crippen molar-refractivity contribution in [3.63, 3.8) is 0 Å². The minimum Gasteiger partial charge on any atom is -0.490 e. The summed E-state index contributed by atoms with van der Waals surface area (Å²) in [6.45, 7) is 1.69. The highest BCUT2D eigenvalue weighted by atomic mass is 16.5. The van der Waals surface area contributed by atoms with E-state index >= 15 is 0 Å². The quantitative estimate of drug-likeness (QED) is 0.837. The Balaban J connectivity index is 1.56. The molecular weight excluding hydrogens is 254 g/mol. The highest BCUT2D eigenvalue weighted by Gasteiger charge is 2.25. The highest BCUT2D eigenvalue weighted by molar-refractivity contribution is 5.68. The molecule has 1 saturated heterocycles. The van der Waals surface area contributed by atoms with Crippen LogP contribution in [-0.2, 0) is 11.3 Å².